The number of nitrogens with zero attached hydrogens (tertiary/aromatic N) is 1. The van der Waals surface area contributed by atoms with Gasteiger partial charge in [-0.2, -0.15) is 0 Å². The number of anilines is 1. The Morgan fingerprint density at radius 3 is 2.78 bits per heavy atom. The molecule has 1 unspecified atom stereocenters. The average Bonchev–Trinajstić information content (AvgIpc) is 2.38. The maximum atomic E-state index is 3.79. The van der Waals surface area contributed by atoms with Crippen LogP contribution in [0.25, 0.3) is 0 Å². The van der Waals surface area contributed by atoms with Gasteiger partial charge in [-0.3, -0.25) is 0 Å². The van der Waals surface area contributed by atoms with Crippen molar-refractivity contribution in [3.8, 4) is 0 Å². The second-order valence-corrected chi connectivity index (χ2v) is 4.82. The molecule has 1 aromatic carbocycles. The number of hydrogen-bond acceptors (Lipinski definition) is 2. The molecule has 1 N–H and O–H groups in total. The van der Waals surface area contributed by atoms with Gasteiger partial charge in [0.15, 0.2) is 0 Å². The summed E-state index contributed by atoms with van der Waals surface area (Å²) in [6.45, 7) is 6.95. The summed E-state index contributed by atoms with van der Waals surface area (Å²) in [4.78, 5) is 2.15. The molecule has 1 atom stereocenters. The molecule has 2 heteroatoms. The first kappa shape index (κ1) is 14.8. The van der Waals surface area contributed by atoms with Gasteiger partial charge in [0.1, 0.15) is 0 Å². The number of unbranched alkanes of at least 4 members (excludes halogenated alkanes) is 1. The van der Waals surface area contributed by atoms with Crippen LogP contribution in [-0.4, -0.2) is 20.6 Å². The molecule has 1 aromatic rings. The number of allylic oxidation sites excluding steroid dienone is 1. The third-order valence-corrected chi connectivity index (χ3v) is 3.14. The van der Waals surface area contributed by atoms with Crippen LogP contribution >= 0.6 is 0 Å². The van der Waals surface area contributed by atoms with Crippen molar-refractivity contribution in [3.63, 3.8) is 0 Å². The van der Waals surface area contributed by atoms with Crippen LogP contribution in [0.4, 0.5) is 5.69 Å². The molecule has 0 aliphatic carbocycles. The average molecular weight is 246 g/mol. The predicted octanol–water partition coefficient (Wildman–Crippen LogP) is 3.76. The van der Waals surface area contributed by atoms with Crippen molar-refractivity contribution >= 4 is 5.69 Å². The summed E-state index contributed by atoms with van der Waals surface area (Å²) in [6, 6.07) is 9.24. The van der Waals surface area contributed by atoms with E-state index in [0.29, 0.717) is 6.04 Å². The zero-order valence-electron chi connectivity index (χ0n) is 11.9. The SMILES string of the molecule is C=CCCCC(NCC)c1cccc(N(C)C)c1. The summed E-state index contributed by atoms with van der Waals surface area (Å²) in [5.74, 6) is 0. The Hall–Kier alpha value is -1.28. The van der Waals surface area contributed by atoms with Gasteiger partial charge in [-0.1, -0.05) is 25.1 Å². The fraction of sp³-hybridized carbons (Fsp3) is 0.500. The second-order valence-electron chi connectivity index (χ2n) is 4.82. The highest BCUT2D eigenvalue weighted by atomic mass is 15.1. The first-order valence-corrected chi connectivity index (χ1v) is 6.80. The van der Waals surface area contributed by atoms with Crippen molar-refractivity contribution in [2.45, 2.75) is 32.2 Å². The van der Waals surface area contributed by atoms with E-state index in [4.69, 9.17) is 0 Å². The Balaban J connectivity index is 2.76. The molecule has 0 bridgehead atoms. The molecule has 0 saturated carbocycles. The molecule has 0 fully saturated rings. The third kappa shape index (κ3) is 4.53. The van der Waals surface area contributed by atoms with Gasteiger partial charge in [0.2, 0.25) is 0 Å². The van der Waals surface area contributed by atoms with Crippen LogP contribution in [0.1, 0.15) is 37.8 Å². The van der Waals surface area contributed by atoms with Crippen LogP contribution in [0, 0.1) is 0 Å². The Kier molecular flexibility index (Phi) is 6.51. The van der Waals surface area contributed by atoms with Gasteiger partial charge in [-0.25, -0.2) is 0 Å². The zero-order chi connectivity index (χ0) is 13.4. The van der Waals surface area contributed by atoms with Crippen LogP contribution in [-0.2, 0) is 0 Å². The molecule has 0 heterocycles. The van der Waals surface area contributed by atoms with E-state index >= 15 is 0 Å². The third-order valence-electron chi connectivity index (χ3n) is 3.14. The number of benzene rings is 1. The van der Waals surface area contributed by atoms with Crippen LogP contribution < -0.4 is 10.2 Å². The molecule has 100 valence electrons. The van der Waals surface area contributed by atoms with Crippen LogP contribution in [0.3, 0.4) is 0 Å². The highest BCUT2D eigenvalue weighted by Gasteiger charge is 2.10. The van der Waals surface area contributed by atoms with Gasteiger partial charge in [0.05, 0.1) is 0 Å². The Labute approximate surface area is 112 Å². The van der Waals surface area contributed by atoms with E-state index in [2.05, 4.69) is 62.1 Å². The molecule has 1 rings (SSSR count). The topological polar surface area (TPSA) is 15.3 Å². The highest BCUT2D eigenvalue weighted by Crippen LogP contribution is 2.23. The minimum Gasteiger partial charge on any atom is -0.378 e. The number of rotatable bonds is 8. The lowest BCUT2D eigenvalue weighted by Gasteiger charge is -2.20. The minimum absolute atomic E-state index is 0.454. The summed E-state index contributed by atoms with van der Waals surface area (Å²) in [6.07, 6.45) is 5.44. The molecule has 0 aliphatic heterocycles. The standard InChI is InChI=1S/C16H26N2/c1-5-7-8-12-16(17-6-2)14-10-9-11-15(13-14)18(3)4/h5,9-11,13,16-17H,1,6-8,12H2,2-4H3. The Morgan fingerprint density at radius 1 is 1.39 bits per heavy atom. The van der Waals surface area contributed by atoms with Crippen molar-refractivity contribution in [1.82, 2.24) is 5.32 Å². The molecule has 0 aromatic heterocycles. The minimum atomic E-state index is 0.454. The van der Waals surface area contributed by atoms with E-state index in [0.717, 1.165) is 19.4 Å². The van der Waals surface area contributed by atoms with Crippen molar-refractivity contribution in [2.24, 2.45) is 0 Å². The quantitative estimate of drug-likeness (QED) is 0.555. The zero-order valence-corrected chi connectivity index (χ0v) is 11.9. The lowest BCUT2D eigenvalue weighted by Crippen LogP contribution is -2.21. The van der Waals surface area contributed by atoms with Crippen LogP contribution in [0.15, 0.2) is 36.9 Å². The molecular formula is C16H26N2. The second kappa shape index (κ2) is 7.93. The van der Waals surface area contributed by atoms with E-state index in [1.807, 2.05) is 6.08 Å². The van der Waals surface area contributed by atoms with Crippen LogP contribution in [0.5, 0.6) is 0 Å². The fourth-order valence-electron chi connectivity index (χ4n) is 2.12. The molecular weight excluding hydrogens is 220 g/mol. The first-order valence-electron chi connectivity index (χ1n) is 6.80. The van der Waals surface area contributed by atoms with Gasteiger partial charge >= 0.3 is 0 Å². The van der Waals surface area contributed by atoms with Gasteiger partial charge in [0, 0.05) is 25.8 Å². The summed E-state index contributed by atoms with van der Waals surface area (Å²) >= 11 is 0. The summed E-state index contributed by atoms with van der Waals surface area (Å²) in [5.41, 5.74) is 2.64. The Bertz CT molecular complexity index is 358. The van der Waals surface area contributed by atoms with E-state index in [9.17, 15) is 0 Å². The maximum absolute atomic E-state index is 3.79. The molecule has 18 heavy (non-hydrogen) atoms. The van der Waals surface area contributed by atoms with E-state index < -0.39 is 0 Å². The van der Waals surface area contributed by atoms with E-state index in [1.165, 1.54) is 17.7 Å². The van der Waals surface area contributed by atoms with Crippen molar-refractivity contribution in [1.29, 1.82) is 0 Å². The Morgan fingerprint density at radius 2 is 2.17 bits per heavy atom. The van der Waals surface area contributed by atoms with Crippen molar-refractivity contribution < 1.29 is 0 Å². The summed E-state index contributed by atoms with van der Waals surface area (Å²) in [5, 5.41) is 3.57. The van der Waals surface area contributed by atoms with E-state index in [1.54, 1.807) is 0 Å². The smallest absolute Gasteiger partial charge is 0.0364 e. The maximum Gasteiger partial charge on any atom is 0.0364 e. The molecule has 0 aliphatic rings. The van der Waals surface area contributed by atoms with Gasteiger partial charge in [0.25, 0.3) is 0 Å². The van der Waals surface area contributed by atoms with Gasteiger partial charge < -0.3 is 10.2 Å². The summed E-state index contributed by atoms with van der Waals surface area (Å²) in [7, 11) is 4.16. The largest absolute Gasteiger partial charge is 0.378 e. The highest BCUT2D eigenvalue weighted by molar-refractivity contribution is 5.47. The normalized spacial score (nSPS) is 12.2. The van der Waals surface area contributed by atoms with E-state index in [-0.39, 0.29) is 0 Å². The van der Waals surface area contributed by atoms with Crippen molar-refractivity contribution in [2.75, 3.05) is 25.5 Å². The number of hydrogen-bond donors (Lipinski definition) is 1. The molecule has 2 nitrogen and oxygen atoms in total. The monoisotopic (exact) mass is 246 g/mol. The predicted molar refractivity (Wildman–Crippen MR) is 81.2 cm³/mol. The molecule has 0 amide bonds. The molecule has 0 spiro atoms. The van der Waals surface area contributed by atoms with Crippen LogP contribution in [0.2, 0.25) is 0 Å². The molecule has 0 saturated heterocycles. The lowest BCUT2D eigenvalue weighted by atomic mass is 10.00. The fourth-order valence-corrected chi connectivity index (χ4v) is 2.12. The van der Waals surface area contributed by atoms with Gasteiger partial charge in [-0.15, -0.1) is 6.58 Å². The summed E-state index contributed by atoms with van der Waals surface area (Å²) < 4.78 is 0. The first-order chi connectivity index (χ1) is 8.69. The number of nitrogens with one attached hydrogen (secondary N) is 1. The lowest BCUT2D eigenvalue weighted by molar-refractivity contribution is 0.500. The van der Waals surface area contributed by atoms with Crippen molar-refractivity contribution in [3.05, 3.63) is 42.5 Å². The van der Waals surface area contributed by atoms with Gasteiger partial charge in [-0.05, 0) is 43.5 Å². The molecule has 0 radical (unpaired) electrons.